The van der Waals surface area contributed by atoms with Crippen LogP contribution in [0.25, 0.3) is 50.6 Å². The van der Waals surface area contributed by atoms with Gasteiger partial charge in [-0.25, -0.2) is 4.99 Å². The van der Waals surface area contributed by atoms with Crippen molar-refractivity contribution < 1.29 is 0 Å². The van der Waals surface area contributed by atoms with E-state index in [-0.39, 0.29) is 12.3 Å². The third-order valence-electron chi connectivity index (χ3n) is 10.5. The Morgan fingerprint density at radius 1 is 0.509 bits per heavy atom. The fraction of sp³-hybridized carbons (Fsp3) is 0.100. The van der Waals surface area contributed by atoms with Crippen LogP contribution in [0.5, 0.6) is 0 Å². The van der Waals surface area contributed by atoms with E-state index >= 15 is 0 Å². The SMILES string of the molecule is CC1C=Cc2ccc(-c3ccc(-c4ccccc4)cc3)c(-c3cccc(C4NC(c5ccc(-c6ccccc6)cc5)=NC(c5ccccc5)N4)c3)c2C1. The first-order chi connectivity index (χ1) is 26.2. The molecule has 9 rings (SSSR count). The van der Waals surface area contributed by atoms with Crippen molar-refractivity contribution >= 4 is 11.9 Å². The molecule has 3 nitrogen and oxygen atoms in total. The summed E-state index contributed by atoms with van der Waals surface area (Å²) in [7, 11) is 0. The zero-order valence-electron chi connectivity index (χ0n) is 29.8. The number of fused-ring (bicyclic) bond motifs is 1. The molecule has 0 bridgehead atoms. The fourth-order valence-corrected chi connectivity index (χ4v) is 7.75. The molecule has 0 saturated heterocycles. The zero-order valence-corrected chi connectivity index (χ0v) is 29.8. The molecule has 0 fully saturated rings. The summed E-state index contributed by atoms with van der Waals surface area (Å²) in [5.41, 5.74) is 15.9. The van der Waals surface area contributed by atoms with Gasteiger partial charge in [0.1, 0.15) is 18.2 Å². The molecule has 0 amide bonds. The van der Waals surface area contributed by atoms with Crippen LogP contribution in [0.3, 0.4) is 0 Å². The second-order valence-corrected chi connectivity index (χ2v) is 14.1. The molecule has 1 aliphatic heterocycles. The minimum absolute atomic E-state index is 0.159. The van der Waals surface area contributed by atoms with E-state index < -0.39 is 0 Å². The third-order valence-corrected chi connectivity index (χ3v) is 10.5. The maximum absolute atomic E-state index is 5.22. The van der Waals surface area contributed by atoms with E-state index in [0.717, 1.165) is 23.4 Å². The van der Waals surface area contributed by atoms with Crippen molar-refractivity contribution in [1.82, 2.24) is 10.6 Å². The van der Waals surface area contributed by atoms with E-state index in [2.05, 4.69) is 206 Å². The number of rotatable bonds is 7. The Morgan fingerprint density at radius 3 is 1.72 bits per heavy atom. The Labute approximate surface area is 312 Å². The van der Waals surface area contributed by atoms with Crippen molar-refractivity contribution in [3.05, 3.63) is 210 Å². The van der Waals surface area contributed by atoms with E-state index in [1.165, 1.54) is 61.2 Å². The van der Waals surface area contributed by atoms with Crippen LogP contribution in [0, 0.1) is 5.92 Å². The summed E-state index contributed by atoms with van der Waals surface area (Å²) in [6.07, 6.45) is 5.29. The lowest BCUT2D eigenvalue weighted by atomic mass is 9.81. The van der Waals surface area contributed by atoms with Crippen molar-refractivity contribution in [3.63, 3.8) is 0 Å². The van der Waals surface area contributed by atoms with Crippen LogP contribution in [-0.4, -0.2) is 5.84 Å². The van der Waals surface area contributed by atoms with Gasteiger partial charge in [0.25, 0.3) is 0 Å². The average molecular weight is 684 g/mol. The fourth-order valence-electron chi connectivity index (χ4n) is 7.75. The minimum atomic E-state index is -0.205. The monoisotopic (exact) mass is 683 g/mol. The smallest absolute Gasteiger partial charge is 0.131 e. The van der Waals surface area contributed by atoms with Gasteiger partial charge < -0.3 is 5.32 Å². The Bertz CT molecular complexity index is 2410. The molecule has 2 aliphatic rings. The first-order valence-electron chi connectivity index (χ1n) is 18.6. The normalized spacial score (nSPS) is 17.8. The minimum Gasteiger partial charge on any atom is -0.350 e. The molecule has 7 aromatic carbocycles. The van der Waals surface area contributed by atoms with Crippen LogP contribution in [0.2, 0.25) is 0 Å². The van der Waals surface area contributed by atoms with Crippen molar-refractivity contribution in [2.24, 2.45) is 10.9 Å². The van der Waals surface area contributed by atoms with Gasteiger partial charge in [0, 0.05) is 5.56 Å². The largest absolute Gasteiger partial charge is 0.350 e. The quantitative estimate of drug-likeness (QED) is 0.175. The van der Waals surface area contributed by atoms with E-state index in [1.54, 1.807) is 0 Å². The number of nitrogens with zero attached hydrogens (tertiary/aromatic N) is 1. The summed E-state index contributed by atoms with van der Waals surface area (Å²) in [5.74, 6) is 1.35. The Morgan fingerprint density at radius 2 is 1.06 bits per heavy atom. The number of allylic oxidation sites excluding steroid dienone is 1. The standard InChI is InChI=1S/C50H41N3/c1-34-20-21-40-30-31-45(39-26-22-37(23-27-39)35-12-5-2-6-13-35)47(46(40)32-34)43-18-11-19-44(33-43)50-52-48(41-16-9-4-10-17-41)51-49(53-50)42-28-24-38(25-29-42)36-14-7-3-8-15-36/h2-31,33-34,48,50,52H,32H2,1H3,(H,51,53). The maximum atomic E-state index is 5.22. The lowest BCUT2D eigenvalue weighted by Gasteiger charge is -2.32. The van der Waals surface area contributed by atoms with Crippen molar-refractivity contribution in [1.29, 1.82) is 0 Å². The molecule has 2 N–H and O–H groups in total. The van der Waals surface area contributed by atoms with E-state index in [4.69, 9.17) is 4.99 Å². The molecule has 3 atom stereocenters. The number of nitrogens with one attached hydrogen (secondary N) is 2. The summed E-state index contributed by atoms with van der Waals surface area (Å²) in [5, 5.41) is 7.62. The molecule has 1 aliphatic carbocycles. The zero-order chi connectivity index (χ0) is 35.6. The number of hydrogen-bond acceptors (Lipinski definition) is 3. The van der Waals surface area contributed by atoms with Gasteiger partial charge in [-0.05, 0) is 85.2 Å². The van der Waals surface area contributed by atoms with Crippen molar-refractivity contribution in [2.45, 2.75) is 25.7 Å². The average Bonchev–Trinajstić information content (AvgIpc) is 3.24. The van der Waals surface area contributed by atoms with Crippen LogP contribution >= 0.6 is 0 Å². The second-order valence-electron chi connectivity index (χ2n) is 14.1. The van der Waals surface area contributed by atoms with Gasteiger partial charge in [0.2, 0.25) is 0 Å². The maximum Gasteiger partial charge on any atom is 0.131 e. The Kier molecular flexibility index (Phi) is 8.85. The lowest BCUT2D eigenvalue weighted by Crippen LogP contribution is -2.44. The highest BCUT2D eigenvalue weighted by molar-refractivity contribution is 6.00. The van der Waals surface area contributed by atoms with Gasteiger partial charge in [-0.2, -0.15) is 0 Å². The van der Waals surface area contributed by atoms with Crippen LogP contribution < -0.4 is 10.6 Å². The van der Waals surface area contributed by atoms with Gasteiger partial charge >= 0.3 is 0 Å². The lowest BCUT2D eigenvalue weighted by molar-refractivity contribution is 0.409. The van der Waals surface area contributed by atoms with Crippen LogP contribution in [-0.2, 0) is 6.42 Å². The molecule has 0 radical (unpaired) electrons. The molecule has 0 spiro atoms. The highest BCUT2D eigenvalue weighted by atomic mass is 15.3. The summed E-state index contributed by atoms with van der Waals surface area (Å²) < 4.78 is 0. The van der Waals surface area contributed by atoms with Crippen LogP contribution in [0.1, 0.15) is 47.1 Å². The van der Waals surface area contributed by atoms with Crippen molar-refractivity contribution in [3.8, 4) is 44.5 Å². The van der Waals surface area contributed by atoms with Crippen LogP contribution in [0.4, 0.5) is 0 Å². The van der Waals surface area contributed by atoms with Gasteiger partial charge in [0.15, 0.2) is 0 Å². The molecule has 3 unspecified atom stereocenters. The topological polar surface area (TPSA) is 36.4 Å². The summed E-state index contributed by atoms with van der Waals surface area (Å²) >= 11 is 0. The highest BCUT2D eigenvalue weighted by Crippen LogP contribution is 2.41. The van der Waals surface area contributed by atoms with E-state index in [9.17, 15) is 0 Å². The first kappa shape index (κ1) is 32.6. The van der Waals surface area contributed by atoms with Crippen molar-refractivity contribution in [2.75, 3.05) is 0 Å². The molecule has 7 aromatic rings. The molecular formula is C50H41N3. The number of benzene rings is 7. The molecule has 256 valence electrons. The summed E-state index contributed by atoms with van der Waals surface area (Å²) in [6.45, 7) is 2.31. The van der Waals surface area contributed by atoms with Gasteiger partial charge in [0.05, 0.1) is 0 Å². The van der Waals surface area contributed by atoms with E-state index in [1.807, 2.05) is 0 Å². The predicted molar refractivity (Wildman–Crippen MR) is 221 cm³/mol. The Balaban J connectivity index is 1.10. The van der Waals surface area contributed by atoms with E-state index in [0.29, 0.717) is 5.92 Å². The predicted octanol–water partition coefficient (Wildman–Crippen LogP) is 11.9. The number of hydrogen-bond donors (Lipinski definition) is 2. The molecular weight excluding hydrogens is 643 g/mol. The molecule has 53 heavy (non-hydrogen) atoms. The summed E-state index contributed by atoms with van der Waals surface area (Å²) in [6, 6.07) is 63.1. The first-order valence-corrected chi connectivity index (χ1v) is 18.6. The van der Waals surface area contributed by atoms with Crippen LogP contribution in [0.15, 0.2) is 187 Å². The molecule has 3 heteroatoms. The number of aliphatic imine (C=N–C) groups is 1. The van der Waals surface area contributed by atoms with Gasteiger partial charge in [-0.1, -0.05) is 189 Å². The molecule has 0 aromatic heterocycles. The summed E-state index contributed by atoms with van der Waals surface area (Å²) in [4.78, 5) is 5.22. The highest BCUT2D eigenvalue weighted by Gasteiger charge is 2.27. The third kappa shape index (κ3) is 6.75. The van der Waals surface area contributed by atoms with Gasteiger partial charge in [-0.15, -0.1) is 0 Å². The Hall–Kier alpha value is -6.29. The molecule has 1 heterocycles. The molecule has 0 saturated carbocycles. The van der Waals surface area contributed by atoms with Gasteiger partial charge in [-0.3, -0.25) is 5.32 Å². The number of amidine groups is 1. The second kappa shape index (κ2) is 14.4.